The second kappa shape index (κ2) is 4.75. The lowest BCUT2D eigenvalue weighted by Crippen LogP contribution is -2.49. The molecule has 2 heterocycles. The highest BCUT2D eigenvalue weighted by Gasteiger charge is 2.49. The summed E-state index contributed by atoms with van der Waals surface area (Å²) in [7, 11) is 0. The zero-order chi connectivity index (χ0) is 13.6. The van der Waals surface area contributed by atoms with Crippen LogP contribution in [0.5, 0.6) is 0 Å². The highest BCUT2D eigenvalue weighted by atomic mass is 32.2. The van der Waals surface area contributed by atoms with Crippen molar-refractivity contribution in [1.29, 1.82) is 0 Å². The van der Waals surface area contributed by atoms with Gasteiger partial charge in [0.05, 0.1) is 11.2 Å². The van der Waals surface area contributed by atoms with Gasteiger partial charge in [-0.3, -0.25) is 0 Å². The molecule has 3 heteroatoms. The number of fused-ring (bicyclic) bond motifs is 1. The van der Waals surface area contributed by atoms with Crippen molar-refractivity contribution in [3.8, 4) is 0 Å². The lowest BCUT2D eigenvalue weighted by atomic mass is 9.74. The van der Waals surface area contributed by atoms with Gasteiger partial charge in [0.15, 0.2) is 0 Å². The summed E-state index contributed by atoms with van der Waals surface area (Å²) in [5.74, 6) is 2.72. The summed E-state index contributed by atoms with van der Waals surface area (Å²) < 4.78 is 6.11. The van der Waals surface area contributed by atoms with E-state index in [4.69, 9.17) is 4.74 Å². The fourth-order valence-electron chi connectivity index (χ4n) is 4.26. The fourth-order valence-corrected chi connectivity index (χ4v) is 5.64. The Morgan fingerprint density at radius 1 is 1.20 bits per heavy atom. The van der Waals surface area contributed by atoms with Gasteiger partial charge in [0.2, 0.25) is 0 Å². The van der Waals surface area contributed by atoms with Crippen LogP contribution in [0.1, 0.15) is 30.4 Å². The highest BCUT2D eigenvalue weighted by Crippen LogP contribution is 2.47. The third kappa shape index (κ3) is 2.11. The number of aliphatic hydroxyl groups is 1. The molecule has 2 aliphatic heterocycles. The number of ether oxygens (including phenoxy) is 1. The largest absolute Gasteiger partial charge is 0.389 e. The van der Waals surface area contributed by atoms with Gasteiger partial charge in [0, 0.05) is 25.2 Å². The number of thioether (sulfide) groups is 1. The molecule has 1 aliphatic carbocycles. The first-order valence-corrected chi connectivity index (χ1v) is 8.86. The van der Waals surface area contributed by atoms with Crippen LogP contribution in [0.3, 0.4) is 0 Å². The molecule has 20 heavy (non-hydrogen) atoms. The van der Waals surface area contributed by atoms with Crippen LogP contribution in [-0.4, -0.2) is 34.4 Å². The van der Waals surface area contributed by atoms with Crippen LogP contribution in [0, 0.1) is 5.92 Å². The van der Waals surface area contributed by atoms with Crippen molar-refractivity contribution >= 4 is 11.8 Å². The van der Waals surface area contributed by atoms with Gasteiger partial charge in [-0.05, 0) is 42.1 Å². The Labute approximate surface area is 124 Å². The Bertz CT molecular complexity index is 482. The molecule has 0 aromatic heterocycles. The van der Waals surface area contributed by atoms with Gasteiger partial charge in [-0.25, -0.2) is 0 Å². The van der Waals surface area contributed by atoms with Crippen LogP contribution >= 0.6 is 11.8 Å². The SMILES string of the molecule is OC1(C2CCOC3(CCSC3)C2)Cc2ccccc2C1. The van der Waals surface area contributed by atoms with E-state index in [-0.39, 0.29) is 5.60 Å². The number of hydrogen-bond acceptors (Lipinski definition) is 3. The molecule has 1 aromatic carbocycles. The van der Waals surface area contributed by atoms with Crippen molar-refractivity contribution < 1.29 is 9.84 Å². The van der Waals surface area contributed by atoms with Crippen molar-refractivity contribution in [1.82, 2.24) is 0 Å². The standard InChI is InChI=1S/C17H22O2S/c18-17(9-13-3-1-2-4-14(13)10-17)15-5-7-19-16(11-15)6-8-20-12-16/h1-4,15,18H,5-12H2. The molecule has 2 nitrogen and oxygen atoms in total. The zero-order valence-electron chi connectivity index (χ0n) is 11.8. The van der Waals surface area contributed by atoms with E-state index in [1.165, 1.54) is 16.9 Å². The second-order valence-corrected chi connectivity index (χ2v) is 7.85. The fraction of sp³-hybridized carbons (Fsp3) is 0.647. The van der Waals surface area contributed by atoms with Crippen LogP contribution in [0.25, 0.3) is 0 Å². The minimum Gasteiger partial charge on any atom is -0.389 e. The molecule has 108 valence electrons. The van der Waals surface area contributed by atoms with Crippen LogP contribution in [0.2, 0.25) is 0 Å². The van der Waals surface area contributed by atoms with Gasteiger partial charge in [-0.2, -0.15) is 11.8 Å². The maximum atomic E-state index is 11.2. The smallest absolute Gasteiger partial charge is 0.0784 e. The van der Waals surface area contributed by atoms with Crippen LogP contribution in [0.15, 0.2) is 24.3 Å². The quantitative estimate of drug-likeness (QED) is 0.862. The topological polar surface area (TPSA) is 29.5 Å². The first-order chi connectivity index (χ1) is 9.69. The normalized spacial score (nSPS) is 35.4. The minimum absolute atomic E-state index is 0.0675. The molecule has 0 radical (unpaired) electrons. The van der Waals surface area contributed by atoms with E-state index in [0.29, 0.717) is 5.92 Å². The summed E-state index contributed by atoms with van der Waals surface area (Å²) in [5, 5.41) is 11.2. The molecular weight excluding hydrogens is 268 g/mol. The Balaban J connectivity index is 1.56. The van der Waals surface area contributed by atoms with E-state index in [1.807, 2.05) is 11.8 Å². The summed E-state index contributed by atoms with van der Waals surface area (Å²) in [6.45, 7) is 0.823. The molecule has 2 saturated heterocycles. The van der Waals surface area contributed by atoms with Crippen LogP contribution in [-0.2, 0) is 17.6 Å². The number of rotatable bonds is 1. The molecular formula is C17H22O2S. The Kier molecular flexibility index (Phi) is 3.13. The monoisotopic (exact) mass is 290 g/mol. The molecule has 2 unspecified atom stereocenters. The van der Waals surface area contributed by atoms with Crippen molar-refractivity contribution in [2.45, 2.75) is 43.3 Å². The van der Waals surface area contributed by atoms with Crippen molar-refractivity contribution in [3.05, 3.63) is 35.4 Å². The second-order valence-electron chi connectivity index (χ2n) is 6.75. The third-order valence-corrected chi connectivity index (χ3v) is 6.65. The highest BCUT2D eigenvalue weighted by molar-refractivity contribution is 7.99. The molecule has 1 aromatic rings. The molecule has 1 spiro atoms. The molecule has 3 aliphatic rings. The van der Waals surface area contributed by atoms with E-state index < -0.39 is 5.60 Å². The van der Waals surface area contributed by atoms with Gasteiger partial charge in [0.25, 0.3) is 0 Å². The third-order valence-electron chi connectivity index (χ3n) is 5.43. The molecule has 0 saturated carbocycles. The number of hydrogen-bond donors (Lipinski definition) is 1. The Hall–Kier alpha value is -0.510. The zero-order valence-corrected chi connectivity index (χ0v) is 12.6. The van der Waals surface area contributed by atoms with E-state index >= 15 is 0 Å². The van der Waals surface area contributed by atoms with Crippen LogP contribution in [0.4, 0.5) is 0 Å². The van der Waals surface area contributed by atoms with Crippen LogP contribution < -0.4 is 0 Å². The lowest BCUT2D eigenvalue weighted by molar-refractivity contribution is -0.129. The molecule has 2 fully saturated rings. The predicted octanol–water partition coefficient (Wildman–Crippen LogP) is 2.82. The number of benzene rings is 1. The average molecular weight is 290 g/mol. The van der Waals surface area contributed by atoms with Gasteiger partial charge in [-0.15, -0.1) is 0 Å². The summed E-state index contributed by atoms with van der Waals surface area (Å²) in [6, 6.07) is 8.52. The summed E-state index contributed by atoms with van der Waals surface area (Å²) in [5.41, 5.74) is 2.22. The van der Waals surface area contributed by atoms with E-state index in [2.05, 4.69) is 24.3 Å². The van der Waals surface area contributed by atoms with E-state index in [1.54, 1.807) is 0 Å². The van der Waals surface area contributed by atoms with E-state index in [9.17, 15) is 5.11 Å². The van der Waals surface area contributed by atoms with Gasteiger partial charge < -0.3 is 9.84 Å². The molecule has 4 rings (SSSR count). The van der Waals surface area contributed by atoms with Crippen molar-refractivity contribution in [2.75, 3.05) is 18.1 Å². The minimum atomic E-state index is -0.534. The summed E-state index contributed by atoms with van der Waals surface area (Å²) in [4.78, 5) is 0. The molecule has 1 N–H and O–H groups in total. The first-order valence-electron chi connectivity index (χ1n) is 7.70. The average Bonchev–Trinajstić information content (AvgIpc) is 3.03. The maximum absolute atomic E-state index is 11.2. The van der Waals surface area contributed by atoms with E-state index in [0.717, 1.165) is 44.5 Å². The van der Waals surface area contributed by atoms with Crippen molar-refractivity contribution in [3.63, 3.8) is 0 Å². The molecule has 0 bridgehead atoms. The molecule has 0 amide bonds. The lowest BCUT2D eigenvalue weighted by Gasteiger charge is -2.43. The summed E-state index contributed by atoms with van der Waals surface area (Å²) >= 11 is 2.00. The predicted molar refractivity (Wildman–Crippen MR) is 82.1 cm³/mol. The first kappa shape index (κ1) is 13.2. The summed E-state index contributed by atoms with van der Waals surface area (Å²) in [6.07, 6.45) is 4.88. The maximum Gasteiger partial charge on any atom is 0.0784 e. The Morgan fingerprint density at radius 2 is 1.95 bits per heavy atom. The van der Waals surface area contributed by atoms with Crippen molar-refractivity contribution in [2.24, 2.45) is 5.92 Å². The Morgan fingerprint density at radius 3 is 2.60 bits per heavy atom. The van der Waals surface area contributed by atoms with Gasteiger partial charge >= 0.3 is 0 Å². The van der Waals surface area contributed by atoms with Gasteiger partial charge in [-0.1, -0.05) is 24.3 Å². The molecule has 2 atom stereocenters. The van der Waals surface area contributed by atoms with Gasteiger partial charge in [0.1, 0.15) is 0 Å².